The van der Waals surface area contributed by atoms with Gasteiger partial charge in [-0.25, -0.2) is 0 Å². The average molecular weight is 350 g/mol. The van der Waals surface area contributed by atoms with Gasteiger partial charge in [0.05, 0.1) is 31.9 Å². The number of nitrogens with zero attached hydrogens (tertiary/aromatic N) is 1. The maximum absolute atomic E-state index is 11.6. The van der Waals surface area contributed by atoms with E-state index in [1.807, 2.05) is 54.6 Å². The van der Waals surface area contributed by atoms with Crippen molar-refractivity contribution >= 4 is 22.6 Å². The van der Waals surface area contributed by atoms with Crippen LogP contribution in [0.4, 0.5) is 5.69 Å². The summed E-state index contributed by atoms with van der Waals surface area (Å²) < 4.78 is 9.98. The van der Waals surface area contributed by atoms with E-state index < -0.39 is 0 Å². The molecule has 0 bridgehead atoms. The van der Waals surface area contributed by atoms with Gasteiger partial charge in [0.2, 0.25) is 0 Å². The van der Waals surface area contributed by atoms with E-state index in [4.69, 9.17) is 9.47 Å². The number of rotatable bonds is 6. The van der Waals surface area contributed by atoms with E-state index in [0.29, 0.717) is 5.69 Å². The molecule has 0 amide bonds. The molecule has 3 aromatic rings. The number of aromatic nitrogens is 1. The molecule has 0 aliphatic carbocycles. The number of nitrogens with one attached hydrogen (secondary N) is 1. The van der Waals surface area contributed by atoms with E-state index in [9.17, 15) is 4.79 Å². The first-order valence-corrected chi connectivity index (χ1v) is 8.46. The van der Waals surface area contributed by atoms with E-state index >= 15 is 0 Å². The molecule has 1 N–H and O–H groups in total. The molecule has 0 spiro atoms. The number of carbonyl (C=O) groups is 1. The molecule has 5 heteroatoms. The number of fused-ring (bicyclic) bond motifs is 1. The zero-order valence-corrected chi connectivity index (χ0v) is 15.2. The Morgan fingerprint density at radius 3 is 2.54 bits per heavy atom. The molecule has 0 aliphatic heterocycles. The molecule has 2 aromatic carbocycles. The normalized spacial score (nSPS) is 11.8. The van der Waals surface area contributed by atoms with Gasteiger partial charge in [-0.1, -0.05) is 30.3 Å². The van der Waals surface area contributed by atoms with E-state index in [-0.39, 0.29) is 18.4 Å². The van der Waals surface area contributed by atoms with Gasteiger partial charge in [-0.3, -0.25) is 9.78 Å². The maximum Gasteiger partial charge on any atom is 0.311 e. The zero-order valence-electron chi connectivity index (χ0n) is 15.2. The van der Waals surface area contributed by atoms with E-state index in [0.717, 1.165) is 27.9 Å². The number of ether oxygens (including phenoxy) is 2. The van der Waals surface area contributed by atoms with Crippen molar-refractivity contribution in [2.45, 2.75) is 19.4 Å². The summed E-state index contributed by atoms with van der Waals surface area (Å²) in [5.74, 6) is 0.526. The highest BCUT2D eigenvalue weighted by Gasteiger charge is 2.12. The second-order valence-electron chi connectivity index (χ2n) is 6.07. The molecule has 0 fully saturated rings. The van der Waals surface area contributed by atoms with Crippen molar-refractivity contribution in [3.8, 4) is 5.75 Å². The van der Waals surface area contributed by atoms with Crippen molar-refractivity contribution in [3.63, 3.8) is 0 Å². The molecule has 1 aromatic heterocycles. The smallest absolute Gasteiger partial charge is 0.311 e. The highest BCUT2D eigenvalue weighted by atomic mass is 16.5. The molecule has 26 heavy (non-hydrogen) atoms. The summed E-state index contributed by atoms with van der Waals surface area (Å²) in [6.07, 6.45) is 0.146. The minimum absolute atomic E-state index is 0.0812. The monoisotopic (exact) mass is 350 g/mol. The minimum atomic E-state index is -0.304. The van der Waals surface area contributed by atoms with Crippen molar-refractivity contribution in [1.29, 1.82) is 0 Å². The predicted octanol–water partition coefficient (Wildman–Crippen LogP) is 4.13. The number of hydrogen-bond acceptors (Lipinski definition) is 5. The molecule has 0 saturated heterocycles. The van der Waals surface area contributed by atoms with Gasteiger partial charge >= 0.3 is 5.97 Å². The summed E-state index contributed by atoms with van der Waals surface area (Å²) in [5.41, 5.74) is 3.61. The Morgan fingerprint density at radius 2 is 1.85 bits per heavy atom. The van der Waals surface area contributed by atoms with Crippen molar-refractivity contribution in [2.75, 3.05) is 19.5 Å². The summed E-state index contributed by atoms with van der Waals surface area (Å²) in [6.45, 7) is 2.09. The van der Waals surface area contributed by atoms with Gasteiger partial charge in [0.25, 0.3) is 0 Å². The van der Waals surface area contributed by atoms with Crippen molar-refractivity contribution in [2.24, 2.45) is 0 Å². The topological polar surface area (TPSA) is 60.5 Å². The van der Waals surface area contributed by atoms with Crippen LogP contribution in [0.15, 0.2) is 54.6 Å². The van der Waals surface area contributed by atoms with Gasteiger partial charge in [0.15, 0.2) is 0 Å². The fourth-order valence-electron chi connectivity index (χ4n) is 2.87. The van der Waals surface area contributed by atoms with Gasteiger partial charge in [-0.05, 0) is 36.8 Å². The second-order valence-corrected chi connectivity index (χ2v) is 6.07. The molecule has 0 radical (unpaired) electrons. The quantitative estimate of drug-likeness (QED) is 0.677. The van der Waals surface area contributed by atoms with Crippen LogP contribution in [0.1, 0.15) is 24.2 Å². The highest BCUT2D eigenvalue weighted by Crippen LogP contribution is 2.28. The van der Waals surface area contributed by atoms with Crippen LogP contribution in [-0.2, 0) is 16.0 Å². The van der Waals surface area contributed by atoms with Crippen molar-refractivity contribution < 1.29 is 14.3 Å². The Bertz CT molecular complexity index is 907. The van der Waals surface area contributed by atoms with Crippen LogP contribution >= 0.6 is 0 Å². The molecular weight excluding hydrogens is 328 g/mol. The van der Waals surface area contributed by atoms with Gasteiger partial charge in [-0.15, -0.1) is 0 Å². The number of anilines is 1. The Morgan fingerprint density at radius 1 is 1.12 bits per heavy atom. The lowest BCUT2D eigenvalue weighted by molar-refractivity contribution is -0.139. The third-order valence-electron chi connectivity index (χ3n) is 4.31. The third-order valence-corrected chi connectivity index (χ3v) is 4.31. The molecule has 1 atom stereocenters. The van der Waals surface area contributed by atoms with Crippen LogP contribution in [0.5, 0.6) is 5.75 Å². The Kier molecular flexibility index (Phi) is 5.37. The summed E-state index contributed by atoms with van der Waals surface area (Å²) in [5, 5.41) is 4.55. The van der Waals surface area contributed by atoms with Crippen LogP contribution in [0.25, 0.3) is 10.9 Å². The number of para-hydroxylation sites is 1. The average Bonchev–Trinajstić information content (AvgIpc) is 2.68. The largest absolute Gasteiger partial charge is 0.497 e. The number of pyridine rings is 1. The summed E-state index contributed by atoms with van der Waals surface area (Å²) in [4.78, 5) is 16.2. The van der Waals surface area contributed by atoms with E-state index in [2.05, 4.69) is 17.2 Å². The Balaban J connectivity index is 1.92. The molecule has 0 saturated carbocycles. The predicted molar refractivity (Wildman–Crippen MR) is 102 cm³/mol. The number of esters is 1. The molecule has 3 rings (SSSR count). The molecule has 5 nitrogen and oxygen atoms in total. The molecule has 1 unspecified atom stereocenters. The second kappa shape index (κ2) is 7.87. The fraction of sp³-hybridized carbons (Fsp3) is 0.238. The number of carbonyl (C=O) groups excluding carboxylic acids is 1. The highest BCUT2D eigenvalue weighted by molar-refractivity contribution is 5.92. The van der Waals surface area contributed by atoms with Crippen molar-refractivity contribution in [1.82, 2.24) is 4.98 Å². The lowest BCUT2D eigenvalue weighted by atomic mass is 10.1. The number of methoxy groups -OCH3 is 2. The number of benzene rings is 2. The van der Waals surface area contributed by atoms with Crippen molar-refractivity contribution in [3.05, 3.63) is 65.9 Å². The van der Waals surface area contributed by atoms with Gasteiger partial charge in [0, 0.05) is 17.1 Å². The maximum atomic E-state index is 11.6. The van der Waals surface area contributed by atoms with Crippen LogP contribution in [-0.4, -0.2) is 25.2 Å². The van der Waals surface area contributed by atoms with Gasteiger partial charge < -0.3 is 14.8 Å². The van der Waals surface area contributed by atoms with Crippen LogP contribution in [0.2, 0.25) is 0 Å². The Hall–Kier alpha value is -3.08. The summed E-state index contributed by atoms with van der Waals surface area (Å²) in [7, 11) is 3.04. The van der Waals surface area contributed by atoms with E-state index in [1.165, 1.54) is 7.11 Å². The molecular formula is C21H22N2O3. The molecule has 1 heterocycles. The lowest BCUT2D eigenvalue weighted by Crippen LogP contribution is -2.10. The van der Waals surface area contributed by atoms with Gasteiger partial charge in [-0.2, -0.15) is 0 Å². The lowest BCUT2D eigenvalue weighted by Gasteiger charge is -2.18. The fourth-order valence-corrected chi connectivity index (χ4v) is 2.87. The molecule has 134 valence electrons. The SMILES string of the molecule is COC(=O)Cc1cc(NC(C)c2ccc(OC)cc2)c2ccccc2n1. The zero-order chi connectivity index (χ0) is 18.5. The van der Waals surface area contributed by atoms with Gasteiger partial charge in [0.1, 0.15) is 5.75 Å². The first kappa shape index (κ1) is 17.7. The minimum Gasteiger partial charge on any atom is -0.497 e. The van der Waals surface area contributed by atoms with Crippen LogP contribution in [0.3, 0.4) is 0 Å². The third kappa shape index (κ3) is 3.94. The van der Waals surface area contributed by atoms with Crippen LogP contribution < -0.4 is 10.1 Å². The van der Waals surface area contributed by atoms with E-state index in [1.54, 1.807) is 7.11 Å². The van der Waals surface area contributed by atoms with Crippen LogP contribution in [0, 0.1) is 0 Å². The summed E-state index contributed by atoms with van der Waals surface area (Å²) in [6, 6.07) is 17.8. The first-order chi connectivity index (χ1) is 12.6. The molecule has 0 aliphatic rings. The number of hydrogen-bond donors (Lipinski definition) is 1. The summed E-state index contributed by atoms with van der Waals surface area (Å²) >= 11 is 0. The standard InChI is InChI=1S/C21H22N2O3/c1-14(15-8-10-17(25-2)11-9-15)22-20-12-16(13-21(24)26-3)23-19-7-5-4-6-18(19)20/h4-12,14H,13H2,1-3H3,(H,22,23). The first-order valence-electron chi connectivity index (χ1n) is 8.46. The Labute approximate surface area is 153 Å².